The van der Waals surface area contributed by atoms with Crippen molar-refractivity contribution in [1.82, 2.24) is 19.2 Å². The summed E-state index contributed by atoms with van der Waals surface area (Å²) < 4.78 is 2.94. The van der Waals surface area contributed by atoms with E-state index in [1.54, 1.807) is 0 Å². The van der Waals surface area contributed by atoms with Crippen LogP contribution >= 0.6 is 17.0 Å². The number of hydrogen-bond acceptors (Lipinski definition) is 2. The number of aromatic nitrogens is 2. The first-order chi connectivity index (χ1) is 6.27. The maximum Gasteiger partial charge on any atom is 0.181 e. The van der Waals surface area contributed by atoms with Crippen molar-refractivity contribution in [3.05, 3.63) is 31.1 Å². The van der Waals surface area contributed by atoms with Crippen molar-refractivity contribution in [2.24, 2.45) is 0 Å². The van der Waals surface area contributed by atoms with Gasteiger partial charge >= 0.3 is 0 Å². The van der Waals surface area contributed by atoms with Gasteiger partial charge in [0.1, 0.15) is 19.1 Å². The quantitative estimate of drug-likeness (QED) is 0.747. The Morgan fingerprint density at radius 1 is 1.50 bits per heavy atom. The summed E-state index contributed by atoms with van der Waals surface area (Å²) in [5.74, 6) is 0. The number of quaternary nitrogens is 1. The van der Waals surface area contributed by atoms with E-state index in [0.717, 1.165) is 17.8 Å². The monoisotopic (exact) mass is 259 g/mol. The Kier molecular flexibility index (Phi) is 3.34. The molecule has 0 aromatic carbocycles. The summed E-state index contributed by atoms with van der Waals surface area (Å²) in [4.78, 5) is 6.26. The Labute approximate surface area is 94.8 Å². The maximum atomic E-state index is 4.08. The van der Waals surface area contributed by atoms with E-state index < -0.39 is 0 Å². The lowest BCUT2D eigenvalue weighted by Crippen LogP contribution is -2.53. The summed E-state index contributed by atoms with van der Waals surface area (Å²) in [6.07, 6.45) is 10.0. The van der Waals surface area contributed by atoms with Gasteiger partial charge in [-0.15, -0.1) is 17.0 Å². The number of halogens is 1. The summed E-state index contributed by atoms with van der Waals surface area (Å²) in [6, 6.07) is 0. The van der Waals surface area contributed by atoms with Crippen molar-refractivity contribution >= 4 is 17.0 Å². The second-order valence-electron chi connectivity index (χ2n) is 3.44. The molecule has 0 bridgehead atoms. The number of rotatable bonds is 2. The number of nitrogens with zero attached hydrogens (tertiary/aromatic N) is 4. The molecule has 0 N–H and O–H groups in total. The second-order valence-corrected chi connectivity index (χ2v) is 3.44. The minimum atomic E-state index is 0. The minimum Gasteiger partial charge on any atom is -0.327 e. The molecule has 2 rings (SSSR count). The van der Waals surface area contributed by atoms with Crippen molar-refractivity contribution in [1.29, 1.82) is 0 Å². The van der Waals surface area contributed by atoms with Crippen molar-refractivity contribution < 1.29 is 0 Å². The van der Waals surface area contributed by atoms with Crippen molar-refractivity contribution in [2.75, 3.05) is 20.3 Å². The predicted molar refractivity (Wildman–Crippen MR) is 62.4 cm³/mol. The molecule has 1 aromatic rings. The molecule has 0 amide bonds. The van der Waals surface area contributed by atoms with Crippen LogP contribution in [0.25, 0.3) is 0 Å². The normalized spacial score (nSPS) is 25.1. The fraction of sp³-hybridized carbons (Fsp3) is 0.444. The first-order valence-corrected chi connectivity index (χ1v) is 4.52. The van der Waals surface area contributed by atoms with Crippen LogP contribution in [0.3, 0.4) is 0 Å². The lowest BCUT2D eigenvalue weighted by atomic mass is 10.6. The Morgan fingerprint density at radius 2 is 2.29 bits per heavy atom. The van der Waals surface area contributed by atoms with Gasteiger partial charge in [-0.1, -0.05) is 0 Å². The van der Waals surface area contributed by atoms with E-state index >= 15 is 0 Å². The zero-order valence-corrected chi connectivity index (χ0v) is 10.2. The maximum absolute atomic E-state index is 4.08. The first kappa shape index (κ1) is 11.3. The van der Waals surface area contributed by atoms with E-state index in [0.29, 0.717) is 0 Å². The molecule has 5 heteroatoms. The van der Waals surface area contributed by atoms with E-state index in [9.17, 15) is 0 Å². The molecule has 2 heterocycles. The number of imidazole rings is 1. The van der Waals surface area contributed by atoms with Gasteiger partial charge in [-0.05, 0) is 6.92 Å². The Balaban J connectivity index is 0.000000980. The molecule has 0 fully saturated rings. The molecule has 1 atom stereocenters. The van der Waals surface area contributed by atoms with Crippen LogP contribution < -0.4 is 4.59 Å². The highest BCUT2D eigenvalue weighted by Crippen LogP contribution is 2.13. The third-order valence-corrected chi connectivity index (χ3v) is 2.56. The molecule has 0 saturated heterocycles. The van der Waals surface area contributed by atoms with Crippen molar-refractivity contribution in [3.8, 4) is 0 Å². The Morgan fingerprint density at radius 3 is 2.71 bits per heavy atom. The minimum absolute atomic E-state index is 0. The van der Waals surface area contributed by atoms with Gasteiger partial charge in [-0.2, -0.15) is 9.27 Å². The highest BCUT2D eigenvalue weighted by Gasteiger charge is 2.30. The van der Waals surface area contributed by atoms with Crippen molar-refractivity contribution in [3.63, 3.8) is 0 Å². The van der Waals surface area contributed by atoms with E-state index in [-0.39, 0.29) is 17.0 Å². The highest BCUT2D eigenvalue weighted by molar-refractivity contribution is 8.93. The molecular formula is C9H16BrN4+. The topological polar surface area (TPSA) is 21.1 Å². The molecule has 0 saturated carbocycles. The predicted octanol–water partition coefficient (Wildman–Crippen LogP) is 1.29. The average molecular weight is 260 g/mol. The van der Waals surface area contributed by atoms with Crippen molar-refractivity contribution in [2.45, 2.75) is 6.92 Å². The van der Waals surface area contributed by atoms with Gasteiger partial charge in [0, 0.05) is 7.05 Å². The number of hydrogen-bond donors (Lipinski definition) is 0. The van der Waals surface area contributed by atoms with Crippen LogP contribution in [0.15, 0.2) is 31.1 Å². The lowest BCUT2D eigenvalue weighted by Gasteiger charge is -2.30. The summed E-state index contributed by atoms with van der Waals surface area (Å²) in [5, 5.41) is 0. The van der Waals surface area contributed by atoms with Crippen LogP contribution in [0.5, 0.6) is 0 Å². The second kappa shape index (κ2) is 4.14. The van der Waals surface area contributed by atoms with Gasteiger partial charge in [0.15, 0.2) is 6.67 Å². The van der Waals surface area contributed by atoms with Gasteiger partial charge in [0.25, 0.3) is 0 Å². The zero-order valence-electron chi connectivity index (χ0n) is 8.50. The first-order valence-electron chi connectivity index (χ1n) is 4.52. The van der Waals surface area contributed by atoms with E-state index in [2.05, 4.69) is 40.9 Å². The highest BCUT2D eigenvalue weighted by atomic mass is 79.9. The van der Waals surface area contributed by atoms with Crippen LogP contribution in [0.1, 0.15) is 6.92 Å². The molecule has 0 spiro atoms. The van der Waals surface area contributed by atoms with E-state index in [1.807, 2.05) is 18.7 Å². The van der Waals surface area contributed by atoms with Crippen LogP contribution in [-0.2, 0) is 0 Å². The summed E-state index contributed by atoms with van der Waals surface area (Å²) in [6.45, 7) is 4.20. The fourth-order valence-electron chi connectivity index (χ4n) is 1.72. The third kappa shape index (κ3) is 1.69. The van der Waals surface area contributed by atoms with Gasteiger partial charge in [0.2, 0.25) is 0 Å². The molecule has 1 unspecified atom stereocenters. The largest absolute Gasteiger partial charge is 0.327 e. The molecule has 78 valence electrons. The molecule has 4 nitrogen and oxygen atoms in total. The van der Waals surface area contributed by atoms with Crippen LogP contribution in [-0.4, -0.2) is 34.8 Å². The molecule has 0 radical (unpaired) electrons. The standard InChI is InChI=1S/C9H15N4.BrH/c1-3-13(7-6-11(2)9-13)12-5-4-10-8-12;/h4-8H,3,9H2,1-2H3;1H/q+1;. The molecule has 14 heavy (non-hydrogen) atoms. The third-order valence-electron chi connectivity index (χ3n) is 2.56. The molecule has 1 aromatic heterocycles. The molecular weight excluding hydrogens is 244 g/mol. The Bertz CT molecular complexity index is 309. The van der Waals surface area contributed by atoms with Gasteiger partial charge in [-0.3, -0.25) is 0 Å². The lowest BCUT2D eigenvalue weighted by molar-refractivity contribution is 0.168. The summed E-state index contributed by atoms with van der Waals surface area (Å²) >= 11 is 0. The van der Waals surface area contributed by atoms with E-state index in [1.165, 1.54) is 0 Å². The van der Waals surface area contributed by atoms with Gasteiger partial charge in [-0.25, -0.2) is 4.98 Å². The molecule has 1 aliphatic heterocycles. The smallest absolute Gasteiger partial charge is 0.181 e. The van der Waals surface area contributed by atoms with Crippen LogP contribution in [0.2, 0.25) is 0 Å². The summed E-state index contributed by atoms with van der Waals surface area (Å²) in [7, 11) is 2.09. The summed E-state index contributed by atoms with van der Waals surface area (Å²) in [5.41, 5.74) is 0. The van der Waals surface area contributed by atoms with E-state index in [4.69, 9.17) is 0 Å². The molecule has 0 aliphatic carbocycles. The van der Waals surface area contributed by atoms with Gasteiger partial charge < -0.3 is 4.90 Å². The van der Waals surface area contributed by atoms with Crippen LogP contribution in [0.4, 0.5) is 0 Å². The van der Waals surface area contributed by atoms with Gasteiger partial charge in [0.05, 0.1) is 18.6 Å². The Hall–Kier alpha value is -0.810. The zero-order chi connectivity index (χ0) is 9.31. The fourth-order valence-corrected chi connectivity index (χ4v) is 1.72. The average Bonchev–Trinajstić information content (AvgIpc) is 2.73. The van der Waals surface area contributed by atoms with Crippen LogP contribution in [0, 0.1) is 0 Å². The SMILES string of the molecule is Br.CC[N+]1(n2ccnc2)C=CN(C)C1. The molecule has 1 aliphatic rings.